The maximum absolute atomic E-state index is 11.6. The fourth-order valence-corrected chi connectivity index (χ4v) is 1.35. The minimum atomic E-state index is -1.41. The highest BCUT2D eigenvalue weighted by Gasteiger charge is 2.24. The molecule has 4 nitrogen and oxygen atoms in total. The molecular formula is C11H14BrNO3. The van der Waals surface area contributed by atoms with Gasteiger partial charge in [-0.2, -0.15) is 0 Å². The molecular weight excluding hydrogens is 274 g/mol. The van der Waals surface area contributed by atoms with E-state index in [1.165, 1.54) is 13.8 Å². The van der Waals surface area contributed by atoms with Crippen LogP contribution in [0.25, 0.3) is 0 Å². The van der Waals surface area contributed by atoms with E-state index in [2.05, 4.69) is 21.2 Å². The van der Waals surface area contributed by atoms with Crippen molar-refractivity contribution in [3.8, 4) is 5.75 Å². The summed E-state index contributed by atoms with van der Waals surface area (Å²) in [6.45, 7) is 2.85. The SMILES string of the molecule is COc1ccc(Br)c(NC(=O)C(C)(C)O)c1. The van der Waals surface area contributed by atoms with Crippen LogP contribution in [-0.2, 0) is 4.79 Å². The molecule has 1 aromatic rings. The highest BCUT2D eigenvalue weighted by Crippen LogP contribution is 2.27. The number of carbonyl (C=O) groups excluding carboxylic acids is 1. The first-order valence-electron chi connectivity index (χ1n) is 4.72. The Morgan fingerprint density at radius 1 is 1.50 bits per heavy atom. The van der Waals surface area contributed by atoms with Gasteiger partial charge in [-0.15, -0.1) is 0 Å². The third kappa shape index (κ3) is 3.21. The molecule has 0 aliphatic heterocycles. The monoisotopic (exact) mass is 287 g/mol. The molecule has 1 rings (SSSR count). The zero-order valence-corrected chi connectivity index (χ0v) is 11.0. The largest absolute Gasteiger partial charge is 0.497 e. The van der Waals surface area contributed by atoms with Crippen LogP contribution in [0.5, 0.6) is 5.75 Å². The van der Waals surface area contributed by atoms with Crippen LogP contribution in [0.1, 0.15) is 13.8 Å². The molecule has 0 saturated carbocycles. The van der Waals surface area contributed by atoms with Crippen LogP contribution in [-0.4, -0.2) is 23.7 Å². The van der Waals surface area contributed by atoms with E-state index in [4.69, 9.17) is 4.74 Å². The van der Waals surface area contributed by atoms with Crippen molar-refractivity contribution in [3.63, 3.8) is 0 Å². The number of aliphatic hydroxyl groups is 1. The van der Waals surface area contributed by atoms with Crippen molar-refractivity contribution < 1.29 is 14.6 Å². The molecule has 0 radical (unpaired) electrons. The summed E-state index contributed by atoms with van der Waals surface area (Å²) < 4.78 is 5.77. The molecule has 88 valence electrons. The van der Waals surface area contributed by atoms with E-state index < -0.39 is 11.5 Å². The summed E-state index contributed by atoms with van der Waals surface area (Å²) >= 11 is 3.30. The van der Waals surface area contributed by atoms with Crippen LogP contribution < -0.4 is 10.1 Å². The number of hydrogen-bond donors (Lipinski definition) is 2. The van der Waals surface area contributed by atoms with Gasteiger partial charge in [0.2, 0.25) is 0 Å². The van der Waals surface area contributed by atoms with Crippen LogP contribution in [0, 0.1) is 0 Å². The number of amides is 1. The van der Waals surface area contributed by atoms with Crippen molar-refractivity contribution >= 4 is 27.5 Å². The summed E-state index contributed by atoms with van der Waals surface area (Å²) in [6.07, 6.45) is 0. The standard InChI is InChI=1S/C11H14BrNO3/c1-11(2,15)10(14)13-9-6-7(16-3)4-5-8(9)12/h4-6,15H,1-3H3,(H,13,14). The summed E-state index contributed by atoms with van der Waals surface area (Å²) in [5, 5.41) is 12.1. The predicted octanol–water partition coefficient (Wildman–Crippen LogP) is 2.17. The second-order valence-electron chi connectivity index (χ2n) is 3.86. The number of carbonyl (C=O) groups is 1. The van der Waals surface area contributed by atoms with E-state index in [-0.39, 0.29) is 0 Å². The number of halogens is 1. The zero-order valence-electron chi connectivity index (χ0n) is 9.37. The summed E-state index contributed by atoms with van der Waals surface area (Å²) in [7, 11) is 1.55. The van der Waals surface area contributed by atoms with E-state index in [1.807, 2.05) is 0 Å². The Morgan fingerprint density at radius 2 is 2.12 bits per heavy atom. The van der Waals surface area contributed by atoms with Crippen molar-refractivity contribution in [2.75, 3.05) is 12.4 Å². The Balaban J connectivity index is 2.92. The molecule has 1 amide bonds. The van der Waals surface area contributed by atoms with E-state index >= 15 is 0 Å². The lowest BCUT2D eigenvalue weighted by molar-refractivity contribution is -0.130. The van der Waals surface area contributed by atoms with Gasteiger partial charge in [0.1, 0.15) is 11.4 Å². The topological polar surface area (TPSA) is 58.6 Å². The highest BCUT2D eigenvalue weighted by atomic mass is 79.9. The van der Waals surface area contributed by atoms with Gasteiger partial charge in [-0.3, -0.25) is 4.79 Å². The van der Waals surface area contributed by atoms with Gasteiger partial charge < -0.3 is 15.2 Å². The number of hydrogen-bond acceptors (Lipinski definition) is 3. The first-order valence-corrected chi connectivity index (χ1v) is 5.51. The van der Waals surface area contributed by atoms with Gasteiger partial charge in [-0.05, 0) is 41.9 Å². The molecule has 5 heteroatoms. The van der Waals surface area contributed by atoms with Crippen LogP contribution >= 0.6 is 15.9 Å². The predicted molar refractivity (Wildman–Crippen MR) is 65.6 cm³/mol. The van der Waals surface area contributed by atoms with E-state index in [0.717, 1.165) is 4.47 Å². The van der Waals surface area contributed by atoms with Crippen molar-refractivity contribution in [2.45, 2.75) is 19.4 Å². The van der Waals surface area contributed by atoms with Crippen molar-refractivity contribution in [1.82, 2.24) is 0 Å². The Bertz CT molecular complexity index is 399. The summed E-state index contributed by atoms with van der Waals surface area (Å²) in [5.41, 5.74) is -0.853. The normalized spacial score (nSPS) is 11.1. The average molecular weight is 288 g/mol. The third-order valence-corrected chi connectivity index (χ3v) is 2.67. The Labute approximate surface area is 103 Å². The number of benzene rings is 1. The molecule has 0 aliphatic rings. The number of nitrogens with one attached hydrogen (secondary N) is 1. The Morgan fingerprint density at radius 3 is 2.62 bits per heavy atom. The highest BCUT2D eigenvalue weighted by molar-refractivity contribution is 9.10. The maximum Gasteiger partial charge on any atom is 0.255 e. The van der Waals surface area contributed by atoms with Crippen LogP contribution in [0.15, 0.2) is 22.7 Å². The zero-order chi connectivity index (χ0) is 12.3. The van der Waals surface area contributed by atoms with Gasteiger partial charge in [0, 0.05) is 10.5 Å². The first kappa shape index (κ1) is 13.0. The second-order valence-corrected chi connectivity index (χ2v) is 4.71. The molecule has 0 aromatic heterocycles. The van der Waals surface area contributed by atoms with Gasteiger partial charge >= 0.3 is 0 Å². The number of ether oxygens (including phenoxy) is 1. The van der Waals surface area contributed by atoms with Crippen molar-refractivity contribution in [2.24, 2.45) is 0 Å². The molecule has 0 heterocycles. The van der Waals surface area contributed by atoms with Crippen molar-refractivity contribution in [1.29, 1.82) is 0 Å². The van der Waals surface area contributed by atoms with Gasteiger partial charge in [0.05, 0.1) is 12.8 Å². The van der Waals surface area contributed by atoms with E-state index in [9.17, 15) is 9.90 Å². The second kappa shape index (κ2) is 4.84. The third-order valence-electron chi connectivity index (χ3n) is 1.98. The maximum atomic E-state index is 11.6. The molecule has 0 aliphatic carbocycles. The molecule has 2 N–H and O–H groups in total. The molecule has 0 fully saturated rings. The van der Waals surface area contributed by atoms with Crippen LogP contribution in [0.4, 0.5) is 5.69 Å². The lowest BCUT2D eigenvalue weighted by Gasteiger charge is -2.17. The van der Waals surface area contributed by atoms with Crippen LogP contribution in [0.2, 0.25) is 0 Å². The molecule has 16 heavy (non-hydrogen) atoms. The van der Waals surface area contributed by atoms with Crippen molar-refractivity contribution in [3.05, 3.63) is 22.7 Å². The fraction of sp³-hybridized carbons (Fsp3) is 0.364. The fourth-order valence-electron chi connectivity index (χ4n) is 1.00. The molecule has 0 atom stereocenters. The summed E-state index contributed by atoms with van der Waals surface area (Å²) in [6, 6.07) is 5.20. The number of methoxy groups -OCH3 is 1. The lowest BCUT2D eigenvalue weighted by atomic mass is 10.1. The average Bonchev–Trinajstić information content (AvgIpc) is 2.19. The van der Waals surface area contributed by atoms with E-state index in [1.54, 1.807) is 25.3 Å². The minimum Gasteiger partial charge on any atom is -0.497 e. The van der Waals surface area contributed by atoms with Gasteiger partial charge in [-0.25, -0.2) is 0 Å². The smallest absolute Gasteiger partial charge is 0.255 e. The quantitative estimate of drug-likeness (QED) is 0.896. The molecule has 0 spiro atoms. The van der Waals surface area contributed by atoms with Gasteiger partial charge in [0.15, 0.2) is 0 Å². The van der Waals surface area contributed by atoms with Crippen LogP contribution in [0.3, 0.4) is 0 Å². The Kier molecular flexibility index (Phi) is 3.93. The number of anilines is 1. The lowest BCUT2D eigenvalue weighted by Crippen LogP contribution is -2.36. The van der Waals surface area contributed by atoms with E-state index in [0.29, 0.717) is 11.4 Å². The molecule has 0 unspecified atom stereocenters. The number of rotatable bonds is 3. The Hall–Kier alpha value is -1.07. The summed E-state index contributed by atoms with van der Waals surface area (Å²) in [5.74, 6) is 0.163. The molecule has 0 bridgehead atoms. The molecule has 1 aromatic carbocycles. The summed E-state index contributed by atoms with van der Waals surface area (Å²) in [4.78, 5) is 11.6. The first-order chi connectivity index (χ1) is 7.34. The van der Waals surface area contributed by atoms with Gasteiger partial charge in [-0.1, -0.05) is 0 Å². The molecule has 0 saturated heterocycles. The minimum absolute atomic E-state index is 0.471. The van der Waals surface area contributed by atoms with Gasteiger partial charge in [0.25, 0.3) is 5.91 Å².